The molecule has 5 nitrogen and oxygen atoms in total. The molecule has 0 aliphatic carbocycles. The second-order valence-electron chi connectivity index (χ2n) is 4.33. The first kappa shape index (κ1) is 15.0. The van der Waals surface area contributed by atoms with Gasteiger partial charge in [-0.1, -0.05) is 19.1 Å². The number of rotatable bonds is 6. The van der Waals surface area contributed by atoms with Crippen molar-refractivity contribution < 1.29 is 8.42 Å². The lowest BCUT2D eigenvalue weighted by Gasteiger charge is -2.07. The molecular formula is C13H17N3O2S2. The Hall–Kier alpha value is -1.44. The Morgan fingerprint density at radius 2 is 2.15 bits per heavy atom. The molecule has 1 aromatic carbocycles. The molecule has 0 aliphatic rings. The number of anilines is 1. The number of thiazole rings is 1. The molecule has 0 unspecified atom stereocenters. The molecule has 0 saturated carbocycles. The smallest absolute Gasteiger partial charge is 0.263 e. The molecule has 0 saturated heterocycles. The molecule has 2 aromatic rings. The van der Waals surface area contributed by atoms with Gasteiger partial charge in [-0.05, 0) is 31.2 Å². The van der Waals surface area contributed by atoms with Gasteiger partial charge in [-0.3, -0.25) is 4.72 Å². The van der Waals surface area contributed by atoms with Crippen LogP contribution in [0, 0.1) is 6.92 Å². The average molecular weight is 311 g/mol. The Balaban J connectivity index is 2.20. The van der Waals surface area contributed by atoms with Crippen molar-refractivity contribution in [2.45, 2.75) is 25.3 Å². The highest BCUT2D eigenvalue weighted by Crippen LogP contribution is 2.20. The van der Waals surface area contributed by atoms with E-state index in [1.807, 2.05) is 19.9 Å². The third-order valence-electron chi connectivity index (χ3n) is 2.63. The Kier molecular flexibility index (Phi) is 4.74. The van der Waals surface area contributed by atoms with Crippen molar-refractivity contribution in [1.29, 1.82) is 0 Å². The third kappa shape index (κ3) is 3.78. The number of aryl methyl sites for hydroxylation is 1. The maximum absolute atomic E-state index is 12.3. The fraction of sp³-hybridized carbons (Fsp3) is 0.308. The van der Waals surface area contributed by atoms with Crippen LogP contribution in [0.15, 0.2) is 34.5 Å². The number of benzene rings is 1. The van der Waals surface area contributed by atoms with Crippen molar-refractivity contribution in [3.63, 3.8) is 0 Å². The summed E-state index contributed by atoms with van der Waals surface area (Å²) in [6.45, 7) is 5.32. The monoisotopic (exact) mass is 311 g/mol. The molecule has 0 atom stereocenters. The van der Waals surface area contributed by atoms with E-state index in [2.05, 4.69) is 15.0 Å². The normalized spacial score (nSPS) is 11.5. The van der Waals surface area contributed by atoms with E-state index in [4.69, 9.17) is 0 Å². The highest BCUT2D eigenvalue weighted by atomic mass is 32.2. The highest BCUT2D eigenvalue weighted by Gasteiger charge is 2.16. The number of nitrogens with one attached hydrogen (secondary N) is 2. The summed E-state index contributed by atoms with van der Waals surface area (Å²) in [7, 11) is -3.58. The first-order valence-corrected chi connectivity index (χ1v) is 8.62. The van der Waals surface area contributed by atoms with Crippen LogP contribution in [-0.2, 0) is 16.6 Å². The lowest BCUT2D eigenvalue weighted by molar-refractivity contribution is 0.601. The SMILES string of the molecule is CCNCc1cccc(S(=O)(=O)Nc2nc(C)cs2)c1. The van der Waals surface area contributed by atoms with Crippen LogP contribution >= 0.6 is 11.3 Å². The van der Waals surface area contributed by atoms with Crippen molar-refractivity contribution in [3.05, 3.63) is 40.9 Å². The summed E-state index contributed by atoms with van der Waals surface area (Å²) in [6, 6.07) is 6.90. The van der Waals surface area contributed by atoms with Gasteiger partial charge in [0, 0.05) is 11.9 Å². The van der Waals surface area contributed by atoms with E-state index >= 15 is 0 Å². The van der Waals surface area contributed by atoms with Crippen molar-refractivity contribution >= 4 is 26.5 Å². The van der Waals surface area contributed by atoms with Crippen LogP contribution in [0.3, 0.4) is 0 Å². The minimum atomic E-state index is -3.58. The Bertz CT molecular complexity index is 680. The first-order valence-electron chi connectivity index (χ1n) is 6.26. The molecule has 0 aliphatic heterocycles. The van der Waals surface area contributed by atoms with Gasteiger partial charge >= 0.3 is 0 Å². The molecule has 1 aromatic heterocycles. The van der Waals surface area contributed by atoms with Crippen LogP contribution in [0.2, 0.25) is 0 Å². The zero-order valence-electron chi connectivity index (χ0n) is 11.4. The predicted octanol–water partition coefficient (Wildman–Crippen LogP) is 2.36. The fourth-order valence-electron chi connectivity index (χ4n) is 1.67. The zero-order chi connectivity index (χ0) is 14.6. The molecule has 2 rings (SSSR count). The summed E-state index contributed by atoms with van der Waals surface area (Å²) >= 11 is 1.28. The van der Waals surface area contributed by atoms with Gasteiger partial charge in [-0.15, -0.1) is 11.3 Å². The second kappa shape index (κ2) is 6.34. The van der Waals surface area contributed by atoms with Crippen LogP contribution in [0.1, 0.15) is 18.2 Å². The van der Waals surface area contributed by atoms with Gasteiger partial charge in [0.15, 0.2) is 5.13 Å². The number of sulfonamides is 1. The molecule has 0 spiro atoms. The van der Waals surface area contributed by atoms with Gasteiger partial charge in [0.25, 0.3) is 10.0 Å². The number of aromatic nitrogens is 1. The molecule has 0 bridgehead atoms. The van der Waals surface area contributed by atoms with E-state index in [1.165, 1.54) is 11.3 Å². The van der Waals surface area contributed by atoms with Crippen LogP contribution < -0.4 is 10.0 Å². The third-order valence-corrected chi connectivity index (χ3v) is 4.97. The Morgan fingerprint density at radius 1 is 1.35 bits per heavy atom. The summed E-state index contributed by atoms with van der Waals surface area (Å²) in [4.78, 5) is 4.36. The summed E-state index contributed by atoms with van der Waals surface area (Å²) < 4.78 is 27.0. The molecule has 0 fully saturated rings. The van der Waals surface area contributed by atoms with Gasteiger partial charge in [-0.2, -0.15) is 0 Å². The molecule has 2 N–H and O–H groups in total. The fourth-order valence-corrected chi connectivity index (χ4v) is 3.68. The van der Waals surface area contributed by atoms with Crippen LogP contribution in [0.4, 0.5) is 5.13 Å². The van der Waals surface area contributed by atoms with Crippen LogP contribution in [0.5, 0.6) is 0 Å². The van der Waals surface area contributed by atoms with E-state index in [-0.39, 0.29) is 4.90 Å². The van der Waals surface area contributed by atoms with Crippen molar-refractivity contribution in [2.75, 3.05) is 11.3 Å². The molecular weight excluding hydrogens is 294 g/mol. The van der Waals surface area contributed by atoms with Crippen molar-refractivity contribution in [3.8, 4) is 0 Å². The van der Waals surface area contributed by atoms with E-state index in [1.54, 1.807) is 23.6 Å². The molecule has 7 heteroatoms. The predicted molar refractivity (Wildman–Crippen MR) is 81.5 cm³/mol. The lowest BCUT2D eigenvalue weighted by Crippen LogP contribution is -2.15. The average Bonchev–Trinajstić information content (AvgIpc) is 2.81. The maximum atomic E-state index is 12.3. The van der Waals surface area contributed by atoms with E-state index in [9.17, 15) is 8.42 Å². The standard InChI is InChI=1S/C13H17N3O2S2/c1-3-14-8-11-5-4-6-12(7-11)20(17,18)16-13-15-10(2)9-19-13/h4-7,9,14H,3,8H2,1-2H3,(H,15,16). The largest absolute Gasteiger partial charge is 0.313 e. The topological polar surface area (TPSA) is 71.1 Å². The summed E-state index contributed by atoms with van der Waals surface area (Å²) in [6.07, 6.45) is 0. The molecule has 0 radical (unpaired) electrons. The van der Waals surface area contributed by atoms with Crippen LogP contribution in [-0.4, -0.2) is 19.9 Å². The Morgan fingerprint density at radius 3 is 2.80 bits per heavy atom. The van der Waals surface area contributed by atoms with Gasteiger partial charge in [0.05, 0.1) is 10.6 Å². The summed E-state index contributed by atoms with van der Waals surface area (Å²) in [5.74, 6) is 0. The Labute approximate surface area is 123 Å². The first-order chi connectivity index (χ1) is 9.51. The lowest BCUT2D eigenvalue weighted by atomic mass is 10.2. The summed E-state index contributed by atoms with van der Waals surface area (Å²) in [5.41, 5.74) is 1.73. The van der Waals surface area contributed by atoms with E-state index in [0.717, 1.165) is 17.8 Å². The second-order valence-corrected chi connectivity index (χ2v) is 6.87. The highest BCUT2D eigenvalue weighted by molar-refractivity contribution is 7.93. The number of hydrogen-bond donors (Lipinski definition) is 2. The molecule has 0 amide bonds. The summed E-state index contributed by atoms with van der Waals surface area (Å²) in [5, 5.41) is 5.36. The van der Waals surface area contributed by atoms with Gasteiger partial charge in [-0.25, -0.2) is 13.4 Å². The van der Waals surface area contributed by atoms with Gasteiger partial charge in [0.1, 0.15) is 0 Å². The van der Waals surface area contributed by atoms with Gasteiger partial charge < -0.3 is 5.32 Å². The number of nitrogens with zero attached hydrogens (tertiary/aromatic N) is 1. The molecule has 108 valence electrons. The van der Waals surface area contributed by atoms with E-state index in [0.29, 0.717) is 11.7 Å². The molecule has 20 heavy (non-hydrogen) atoms. The number of hydrogen-bond acceptors (Lipinski definition) is 5. The molecule has 1 heterocycles. The minimum absolute atomic E-state index is 0.251. The van der Waals surface area contributed by atoms with E-state index < -0.39 is 10.0 Å². The van der Waals surface area contributed by atoms with Crippen molar-refractivity contribution in [1.82, 2.24) is 10.3 Å². The van der Waals surface area contributed by atoms with Crippen LogP contribution in [0.25, 0.3) is 0 Å². The minimum Gasteiger partial charge on any atom is -0.313 e. The maximum Gasteiger partial charge on any atom is 0.263 e. The quantitative estimate of drug-likeness (QED) is 0.859. The zero-order valence-corrected chi connectivity index (χ0v) is 13.0. The van der Waals surface area contributed by atoms with Crippen molar-refractivity contribution in [2.24, 2.45) is 0 Å². The van der Waals surface area contributed by atoms with Gasteiger partial charge in [0.2, 0.25) is 0 Å².